The van der Waals surface area contributed by atoms with Gasteiger partial charge in [-0.1, -0.05) is 0 Å². The van der Waals surface area contributed by atoms with Crippen LogP contribution in [0.25, 0.3) is 0 Å². The van der Waals surface area contributed by atoms with E-state index < -0.39 is 23.5 Å². The van der Waals surface area contributed by atoms with Gasteiger partial charge in [-0.3, -0.25) is 4.79 Å². The predicted molar refractivity (Wildman–Crippen MR) is 85.5 cm³/mol. The van der Waals surface area contributed by atoms with E-state index in [1.54, 1.807) is 0 Å². The summed E-state index contributed by atoms with van der Waals surface area (Å²) in [6.07, 6.45) is -4.74. The zero-order chi connectivity index (χ0) is 19.5. The Kier molecular flexibility index (Phi) is 5.59. The van der Waals surface area contributed by atoms with Crippen LogP contribution in [0.15, 0.2) is 30.3 Å². The molecule has 2 aromatic rings. The van der Waals surface area contributed by atoms with Crippen LogP contribution in [0.3, 0.4) is 0 Å². The predicted octanol–water partition coefficient (Wildman–Crippen LogP) is 4.12. The molecule has 0 unspecified atom stereocenters. The summed E-state index contributed by atoms with van der Waals surface area (Å²) in [4.78, 5) is 12.4. The van der Waals surface area contributed by atoms with Gasteiger partial charge < -0.3 is 19.5 Å². The van der Waals surface area contributed by atoms with Crippen molar-refractivity contribution in [1.82, 2.24) is 0 Å². The monoisotopic (exact) mass is 373 g/mol. The fourth-order valence-corrected chi connectivity index (χ4v) is 2.24. The number of benzene rings is 2. The van der Waals surface area contributed by atoms with Crippen LogP contribution in [0.5, 0.6) is 17.2 Å². The van der Waals surface area contributed by atoms with Crippen molar-refractivity contribution in [2.75, 3.05) is 26.6 Å². The van der Waals surface area contributed by atoms with E-state index in [0.717, 1.165) is 6.07 Å². The number of carbonyl (C=O) groups is 1. The number of halogens is 4. The number of carbonyl (C=O) groups excluding carboxylic acids is 1. The minimum Gasteiger partial charge on any atom is -0.493 e. The van der Waals surface area contributed by atoms with Gasteiger partial charge in [-0.2, -0.15) is 13.2 Å². The standard InChI is InChI=1S/C17H15F4NO4/c1-24-13-4-9(5-14(25-2)15(13)26-3)16(23)22-12-7-10(17(19,20)21)6-11(18)8-12/h4-8H,1-3H3,(H,22,23). The fraction of sp³-hybridized carbons (Fsp3) is 0.235. The Hall–Kier alpha value is -2.97. The molecule has 26 heavy (non-hydrogen) atoms. The highest BCUT2D eigenvalue weighted by Crippen LogP contribution is 2.38. The van der Waals surface area contributed by atoms with Crippen molar-refractivity contribution in [1.29, 1.82) is 0 Å². The summed E-state index contributed by atoms with van der Waals surface area (Å²) < 4.78 is 67.1. The van der Waals surface area contributed by atoms with Gasteiger partial charge in [0, 0.05) is 11.3 Å². The molecule has 140 valence electrons. The van der Waals surface area contributed by atoms with Crippen molar-refractivity contribution in [3.63, 3.8) is 0 Å². The highest BCUT2D eigenvalue weighted by molar-refractivity contribution is 6.05. The van der Waals surface area contributed by atoms with E-state index in [-0.39, 0.29) is 28.5 Å². The molecule has 0 bridgehead atoms. The minimum absolute atomic E-state index is 0.0253. The van der Waals surface area contributed by atoms with Crippen molar-refractivity contribution in [3.8, 4) is 17.2 Å². The second kappa shape index (κ2) is 7.51. The first-order valence-corrected chi connectivity index (χ1v) is 7.18. The lowest BCUT2D eigenvalue weighted by molar-refractivity contribution is -0.137. The van der Waals surface area contributed by atoms with Crippen molar-refractivity contribution in [2.24, 2.45) is 0 Å². The summed E-state index contributed by atoms with van der Waals surface area (Å²) in [7, 11) is 4.08. The van der Waals surface area contributed by atoms with Crippen molar-refractivity contribution < 1.29 is 36.6 Å². The summed E-state index contributed by atoms with van der Waals surface area (Å²) in [5.74, 6) is -1.28. The third-order valence-electron chi connectivity index (χ3n) is 3.41. The lowest BCUT2D eigenvalue weighted by Gasteiger charge is -2.14. The van der Waals surface area contributed by atoms with E-state index in [9.17, 15) is 22.4 Å². The van der Waals surface area contributed by atoms with E-state index in [2.05, 4.69) is 5.32 Å². The first-order valence-electron chi connectivity index (χ1n) is 7.18. The number of anilines is 1. The van der Waals surface area contributed by atoms with Crippen LogP contribution < -0.4 is 19.5 Å². The molecule has 0 saturated carbocycles. The molecule has 5 nitrogen and oxygen atoms in total. The van der Waals surface area contributed by atoms with Crippen LogP contribution in [0.2, 0.25) is 0 Å². The van der Waals surface area contributed by atoms with E-state index in [1.807, 2.05) is 0 Å². The molecule has 0 radical (unpaired) electrons. The second-order valence-corrected chi connectivity index (χ2v) is 5.09. The number of ether oxygens (including phenoxy) is 3. The highest BCUT2D eigenvalue weighted by Gasteiger charge is 2.31. The van der Waals surface area contributed by atoms with Crippen LogP contribution in [0.4, 0.5) is 23.2 Å². The van der Waals surface area contributed by atoms with Gasteiger partial charge in [0.1, 0.15) is 5.82 Å². The summed E-state index contributed by atoms with van der Waals surface area (Å²) in [5.41, 5.74) is -1.52. The largest absolute Gasteiger partial charge is 0.493 e. The number of alkyl halides is 3. The molecule has 1 amide bonds. The molecule has 0 aliphatic heterocycles. The molecule has 2 aromatic carbocycles. The molecule has 0 aromatic heterocycles. The topological polar surface area (TPSA) is 56.8 Å². The molecule has 0 aliphatic carbocycles. The molecule has 0 heterocycles. The van der Waals surface area contributed by atoms with Gasteiger partial charge in [0.2, 0.25) is 5.75 Å². The Balaban J connectivity index is 2.38. The van der Waals surface area contributed by atoms with Gasteiger partial charge in [-0.05, 0) is 30.3 Å². The normalized spacial score (nSPS) is 11.0. The van der Waals surface area contributed by atoms with Gasteiger partial charge in [0.25, 0.3) is 5.91 Å². The first-order chi connectivity index (χ1) is 12.2. The quantitative estimate of drug-likeness (QED) is 0.801. The minimum atomic E-state index is -4.74. The van der Waals surface area contributed by atoms with Crippen LogP contribution in [0.1, 0.15) is 15.9 Å². The Morgan fingerprint density at radius 3 is 1.96 bits per heavy atom. The van der Waals surface area contributed by atoms with E-state index in [1.165, 1.54) is 33.5 Å². The Labute approximate surface area is 146 Å². The van der Waals surface area contributed by atoms with Crippen LogP contribution in [-0.4, -0.2) is 27.2 Å². The fourth-order valence-electron chi connectivity index (χ4n) is 2.24. The lowest BCUT2D eigenvalue weighted by Crippen LogP contribution is -2.14. The summed E-state index contributed by atoms with van der Waals surface area (Å²) in [5, 5.41) is 2.22. The molecule has 2 rings (SSSR count). The summed E-state index contributed by atoms with van der Waals surface area (Å²) >= 11 is 0. The maximum absolute atomic E-state index is 13.4. The van der Waals surface area contributed by atoms with Gasteiger partial charge in [0.05, 0.1) is 26.9 Å². The smallest absolute Gasteiger partial charge is 0.416 e. The van der Waals surface area contributed by atoms with E-state index in [4.69, 9.17) is 14.2 Å². The van der Waals surface area contributed by atoms with Gasteiger partial charge >= 0.3 is 6.18 Å². The zero-order valence-corrected chi connectivity index (χ0v) is 14.0. The third-order valence-corrected chi connectivity index (χ3v) is 3.41. The lowest BCUT2D eigenvalue weighted by atomic mass is 10.1. The zero-order valence-electron chi connectivity index (χ0n) is 14.0. The van der Waals surface area contributed by atoms with Crippen molar-refractivity contribution in [3.05, 3.63) is 47.3 Å². The third kappa shape index (κ3) is 4.16. The summed E-state index contributed by atoms with van der Waals surface area (Å²) in [6.45, 7) is 0. The highest BCUT2D eigenvalue weighted by atomic mass is 19.4. The van der Waals surface area contributed by atoms with Crippen molar-refractivity contribution >= 4 is 11.6 Å². The Morgan fingerprint density at radius 2 is 1.50 bits per heavy atom. The molecule has 0 saturated heterocycles. The SMILES string of the molecule is COc1cc(C(=O)Nc2cc(F)cc(C(F)(F)F)c2)cc(OC)c1OC. The summed E-state index contributed by atoms with van der Waals surface area (Å²) in [6, 6.07) is 4.40. The van der Waals surface area contributed by atoms with Crippen LogP contribution >= 0.6 is 0 Å². The maximum Gasteiger partial charge on any atom is 0.416 e. The number of methoxy groups -OCH3 is 3. The van der Waals surface area contributed by atoms with E-state index in [0.29, 0.717) is 12.1 Å². The van der Waals surface area contributed by atoms with Gasteiger partial charge in [0.15, 0.2) is 11.5 Å². The number of nitrogens with one attached hydrogen (secondary N) is 1. The molecule has 1 N–H and O–H groups in total. The number of rotatable bonds is 5. The van der Waals surface area contributed by atoms with Gasteiger partial charge in [-0.15, -0.1) is 0 Å². The number of hydrogen-bond donors (Lipinski definition) is 1. The Morgan fingerprint density at radius 1 is 0.923 bits per heavy atom. The van der Waals surface area contributed by atoms with Crippen molar-refractivity contribution in [2.45, 2.75) is 6.18 Å². The molecule has 0 fully saturated rings. The molecule has 0 aliphatic rings. The van der Waals surface area contributed by atoms with Gasteiger partial charge in [-0.25, -0.2) is 4.39 Å². The number of amides is 1. The first kappa shape index (κ1) is 19.4. The second-order valence-electron chi connectivity index (χ2n) is 5.09. The molecule has 9 heteroatoms. The van der Waals surface area contributed by atoms with Crippen LogP contribution in [-0.2, 0) is 6.18 Å². The molecular weight excluding hydrogens is 358 g/mol. The van der Waals surface area contributed by atoms with E-state index >= 15 is 0 Å². The molecule has 0 atom stereocenters. The number of hydrogen-bond acceptors (Lipinski definition) is 4. The average molecular weight is 373 g/mol. The van der Waals surface area contributed by atoms with Crippen LogP contribution in [0, 0.1) is 5.82 Å². The molecule has 0 spiro atoms. The maximum atomic E-state index is 13.4. The molecular formula is C17H15F4NO4. The average Bonchev–Trinajstić information content (AvgIpc) is 2.58. The Bertz CT molecular complexity index is 796.